The van der Waals surface area contributed by atoms with Gasteiger partial charge in [0.1, 0.15) is 5.82 Å². The minimum atomic E-state index is -0.528. The zero-order valence-electron chi connectivity index (χ0n) is 20.1. The van der Waals surface area contributed by atoms with Gasteiger partial charge in [-0.3, -0.25) is 14.7 Å². The maximum absolute atomic E-state index is 13.9. The second-order valence-electron chi connectivity index (χ2n) is 10.3. The van der Waals surface area contributed by atoms with Crippen molar-refractivity contribution in [3.8, 4) is 0 Å². The van der Waals surface area contributed by atoms with Crippen molar-refractivity contribution in [2.45, 2.75) is 43.1 Å². The van der Waals surface area contributed by atoms with Gasteiger partial charge in [0, 0.05) is 34.2 Å². The van der Waals surface area contributed by atoms with E-state index in [9.17, 15) is 9.59 Å². The number of amides is 2. The van der Waals surface area contributed by atoms with E-state index in [0.29, 0.717) is 28.9 Å². The summed E-state index contributed by atoms with van der Waals surface area (Å²) >= 11 is 6.10. The highest BCUT2D eigenvalue weighted by molar-refractivity contribution is 6.30. The molecule has 2 N–H and O–H groups in total. The molecule has 2 aliphatic carbocycles. The molecule has 184 valence electrons. The topological polar surface area (TPSA) is 78.1 Å². The molecule has 0 radical (unpaired) electrons. The Kier molecular flexibility index (Phi) is 5.01. The summed E-state index contributed by atoms with van der Waals surface area (Å²) in [6, 6.07) is 25.3. The standard InChI is InChI=1S/C30H25ClN4O2/c31-22-12-10-19(11-13-22)24-16-30(24)23-6-1-2-7-26(23)35(29(30)37)17-18-4-3-5-21(14-18)28(36)32-27-15-25(33-34-27)20-8-9-20/h1-7,10-15,20,24H,8-9,16-17H2,(H2,32,33,34,36)/t24-,30?/m1/s1. The summed E-state index contributed by atoms with van der Waals surface area (Å²) in [6.07, 6.45) is 3.09. The number of para-hydroxylation sites is 1. The predicted octanol–water partition coefficient (Wildman–Crippen LogP) is 6.16. The number of hydrogen-bond donors (Lipinski definition) is 2. The summed E-state index contributed by atoms with van der Waals surface area (Å²) < 4.78 is 0. The van der Waals surface area contributed by atoms with Gasteiger partial charge in [-0.1, -0.05) is 54.1 Å². The molecule has 1 spiro atoms. The number of carbonyl (C=O) groups excluding carboxylic acids is 2. The third kappa shape index (κ3) is 3.75. The number of anilines is 2. The number of nitrogens with zero attached hydrogens (tertiary/aromatic N) is 2. The first kappa shape index (κ1) is 22.3. The Morgan fingerprint density at radius 1 is 1.05 bits per heavy atom. The van der Waals surface area contributed by atoms with E-state index in [-0.39, 0.29) is 17.7 Å². The monoisotopic (exact) mass is 508 g/mol. The maximum Gasteiger partial charge on any atom is 0.256 e. The molecule has 1 aromatic heterocycles. The molecule has 37 heavy (non-hydrogen) atoms. The van der Waals surface area contributed by atoms with Gasteiger partial charge in [0.25, 0.3) is 5.91 Å². The number of benzene rings is 3. The van der Waals surface area contributed by atoms with Crippen molar-refractivity contribution >= 4 is 34.9 Å². The van der Waals surface area contributed by atoms with Crippen LogP contribution in [-0.4, -0.2) is 22.0 Å². The smallest absolute Gasteiger partial charge is 0.256 e. The lowest BCUT2D eigenvalue weighted by molar-refractivity contribution is -0.120. The first-order chi connectivity index (χ1) is 18.0. The number of carbonyl (C=O) groups is 2. The van der Waals surface area contributed by atoms with Gasteiger partial charge < -0.3 is 10.2 Å². The van der Waals surface area contributed by atoms with Crippen LogP contribution in [0, 0.1) is 0 Å². The van der Waals surface area contributed by atoms with Gasteiger partial charge in [0.2, 0.25) is 5.91 Å². The molecule has 2 fully saturated rings. The number of rotatable bonds is 6. The average molecular weight is 509 g/mol. The Morgan fingerprint density at radius 2 is 1.86 bits per heavy atom. The van der Waals surface area contributed by atoms with E-state index in [1.54, 1.807) is 6.07 Å². The third-order valence-corrected chi connectivity index (χ3v) is 8.16. The fourth-order valence-electron chi connectivity index (χ4n) is 5.78. The molecule has 2 atom stereocenters. The molecule has 7 rings (SSSR count). The van der Waals surface area contributed by atoms with Crippen LogP contribution in [-0.2, 0) is 16.8 Å². The maximum atomic E-state index is 13.9. The van der Waals surface area contributed by atoms with Gasteiger partial charge >= 0.3 is 0 Å². The Balaban J connectivity index is 1.13. The molecule has 3 aliphatic rings. The Bertz CT molecular complexity index is 1540. The number of H-pyrrole nitrogens is 1. The summed E-state index contributed by atoms with van der Waals surface area (Å²) in [5.74, 6) is 1.16. The zero-order chi connectivity index (χ0) is 25.1. The lowest BCUT2D eigenvalue weighted by atomic mass is 9.92. The van der Waals surface area contributed by atoms with Crippen molar-refractivity contribution in [1.29, 1.82) is 0 Å². The van der Waals surface area contributed by atoms with Crippen molar-refractivity contribution in [2.24, 2.45) is 0 Å². The van der Waals surface area contributed by atoms with Crippen LogP contribution in [0.2, 0.25) is 5.02 Å². The molecule has 1 unspecified atom stereocenters. The number of halogens is 1. The second kappa shape index (κ2) is 8.32. The van der Waals surface area contributed by atoms with Crippen molar-refractivity contribution in [1.82, 2.24) is 10.2 Å². The van der Waals surface area contributed by atoms with Crippen LogP contribution in [0.25, 0.3) is 0 Å². The quantitative estimate of drug-likeness (QED) is 0.327. The molecule has 2 amide bonds. The van der Waals surface area contributed by atoms with Gasteiger partial charge in [-0.2, -0.15) is 5.10 Å². The molecule has 0 saturated heterocycles. The largest absolute Gasteiger partial charge is 0.307 e. The minimum absolute atomic E-state index is 0.119. The molecule has 3 aromatic carbocycles. The van der Waals surface area contributed by atoms with E-state index < -0.39 is 5.41 Å². The number of aromatic amines is 1. The predicted molar refractivity (Wildman–Crippen MR) is 143 cm³/mol. The Labute approximate surface area is 219 Å². The summed E-state index contributed by atoms with van der Waals surface area (Å²) in [7, 11) is 0. The van der Waals surface area contributed by atoms with Crippen molar-refractivity contribution in [2.75, 3.05) is 10.2 Å². The molecule has 1 aliphatic heterocycles. The van der Waals surface area contributed by atoms with Crippen LogP contribution < -0.4 is 10.2 Å². The molecule has 7 heteroatoms. The van der Waals surface area contributed by atoms with Gasteiger partial charge in [-0.05, 0) is 66.3 Å². The van der Waals surface area contributed by atoms with Gasteiger partial charge in [-0.15, -0.1) is 0 Å². The number of fused-ring (bicyclic) bond motifs is 2. The fraction of sp³-hybridized carbons (Fsp3) is 0.233. The third-order valence-electron chi connectivity index (χ3n) is 7.91. The van der Waals surface area contributed by atoms with Crippen LogP contribution in [0.3, 0.4) is 0 Å². The average Bonchev–Trinajstić information content (AvgIpc) is 3.83. The van der Waals surface area contributed by atoms with Crippen LogP contribution in [0.5, 0.6) is 0 Å². The van der Waals surface area contributed by atoms with E-state index in [1.165, 1.54) is 0 Å². The summed E-state index contributed by atoms with van der Waals surface area (Å²) in [5, 5.41) is 10.8. The van der Waals surface area contributed by atoms with Crippen LogP contribution in [0.1, 0.15) is 63.8 Å². The van der Waals surface area contributed by atoms with E-state index in [1.807, 2.05) is 71.6 Å². The second-order valence-corrected chi connectivity index (χ2v) is 10.8. The first-order valence-corrected chi connectivity index (χ1v) is 13.0. The highest BCUT2D eigenvalue weighted by Crippen LogP contribution is 2.66. The van der Waals surface area contributed by atoms with Crippen LogP contribution >= 0.6 is 11.6 Å². The van der Waals surface area contributed by atoms with E-state index in [2.05, 4.69) is 21.6 Å². The molecule has 0 bridgehead atoms. The highest BCUT2D eigenvalue weighted by Gasteiger charge is 2.67. The molecular weight excluding hydrogens is 484 g/mol. The Hall–Kier alpha value is -3.90. The van der Waals surface area contributed by atoms with E-state index in [0.717, 1.165) is 47.3 Å². The van der Waals surface area contributed by atoms with E-state index >= 15 is 0 Å². The highest BCUT2D eigenvalue weighted by atomic mass is 35.5. The molecule has 6 nitrogen and oxygen atoms in total. The minimum Gasteiger partial charge on any atom is -0.307 e. The SMILES string of the molecule is O=C(Nc1cc(C2CC2)n[nH]1)c1cccc(CN2C(=O)C3(C[C@@H]3c3ccc(Cl)cc3)c3ccccc32)c1. The number of nitrogens with one attached hydrogen (secondary N) is 2. The summed E-state index contributed by atoms with van der Waals surface area (Å²) in [4.78, 5) is 28.8. The normalized spacial score (nSPS) is 21.8. The zero-order valence-corrected chi connectivity index (χ0v) is 20.8. The molecule has 2 heterocycles. The summed E-state index contributed by atoms with van der Waals surface area (Å²) in [5.41, 5.74) is 5.08. The van der Waals surface area contributed by atoms with Crippen molar-refractivity contribution in [3.63, 3.8) is 0 Å². The molecule has 2 saturated carbocycles. The van der Waals surface area contributed by atoms with Crippen LogP contribution in [0.15, 0.2) is 78.9 Å². The van der Waals surface area contributed by atoms with Crippen LogP contribution in [0.4, 0.5) is 11.5 Å². The number of hydrogen-bond acceptors (Lipinski definition) is 3. The van der Waals surface area contributed by atoms with Crippen molar-refractivity contribution in [3.05, 3.63) is 112 Å². The lowest BCUT2D eigenvalue weighted by Gasteiger charge is -2.19. The molecular formula is C30H25ClN4O2. The van der Waals surface area contributed by atoms with Gasteiger partial charge in [0.15, 0.2) is 0 Å². The van der Waals surface area contributed by atoms with Gasteiger partial charge in [0.05, 0.1) is 17.7 Å². The summed E-state index contributed by atoms with van der Waals surface area (Å²) in [6.45, 7) is 0.405. The number of aromatic nitrogens is 2. The van der Waals surface area contributed by atoms with E-state index in [4.69, 9.17) is 11.6 Å². The Morgan fingerprint density at radius 3 is 2.68 bits per heavy atom. The lowest BCUT2D eigenvalue weighted by Crippen LogP contribution is -2.32. The van der Waals surface area contributed by atoms with Gasteiger partial charge in [-0.25, -0.2) is 0 Å². The fourth-order valence-corrected chi connectivity index (χ4v) is 5.91. The molecule has 4 aromatic rings. The van der Waals surface area contributed by atoms with Crippen molar-refractivity contribution < 1.29 is 9.59 Å². The first-order valence-electron chi connectivity index (χ1n) is 12.7.